The second kappa shape index (κ2) is 8.49. The largest absolute Gasteiger partial charge is 0.306 e. The molecule has 2 aromatic carbocycles. The van der Waals surface area contributed by atoms with Crippen molar-refractivity contribution in [1.82, 2.24) is 0 Å². The lowest BCUT2D eigenvalue weighted by Crippen LogP contribution is -2.19. The molecule has 6 nitrogen and oxygen atoms in total. The number of nitrogens with zero attached hydrogens (tertiary/aromatic N) is 1. The highest BCUT2D eigenvalue weighted by molar-refractivity contribution is 7.92. The van der Waals surface area contributed by atoms with E-state index in [1.165, 1.54) is 6.07 Å². The van der Waals surface area contributed by atoms with Gasteiger partial charge in [0.25, 0.3) is 10.0 Å². The third-order valence-corrected chi connectivity index (χ3v) is 6.26. The molecule has 0 aliphatic rings. The van der Waals surface area contributed by atoms with Gasteiger partial charge in [0.1, 0.15) is 0 Å². The van der Waals surface area contributed by atoms with Crippen molar-refractivity contribution in [2.24, 2.45) is 0 Å². The first kappa shape index (κ1) is 22.8. The molecular formula is C21H27FN2O4S. The van der Waals surface area contributed by atoms with Crippen LogP contribution in [0.4, 0.5) is 15.8 Å². The monoisotopic (exact) mass is 422 g/mol. The van der Waals surface area contributed by atoms with Crippen LogP contribution in [-0.4, -0.2) is 13.3 Å². The molecule has 0 fully saturated rings. The fourth-order valence-electron chi connectivity index (χ4n) is 3.12. The van der Waals surface area contributed by atoms with Crippen LogP contribution in [-0.2, 0) is 10.0 Å². The topological polar surface area (TPSA) is 89.3 Å². The summed E-state index contributed by atoms with van der Waals surface area (Å²) in [5, 5.41) is 11.0. The number of nitro benzene ring substituents is 1. The first-order valence-corrected chi connectivity index (χ1v) is 11.0. The molecule has 0 heterocycles. The van der Waals surface area contributed by atoms with E-state index >= 15 is 0 Å². The Balaban J connectivity index is 2.68. The number of anilines is 1. The minimum Gasteiger partial charge on any atom is -0.279 e. The number of nitrogens with one attached hydrogen (secondary N) is 1. The predicted octanol–water partition coefficient (Wildman–Crippen LogP) is 5.90. The fourth-order valence-corrected chi connectivity index (χ4v) is 4.87. The molecule has 0 aliphatic carbocycles. The summed E-state index contributed by atoms with van der Waals surface area (Å²) >= 11 is 0. The van der Waals surface area contributed by atoms with Gasteiger partial charge in [0.15, 0.2) is 0 Å². The molecule has 2 aromatic rings. The summed E-state index contributed by atoms with van der Waals surface area (Å²) in [4.78, 5) is 10.3. The normalized spacial score (nSPS) is 12.1. The van der Waals surface area contributed by atoms with Crippen LogP contribution in [0.25, 0.3) is 0 Å². The summed E-state index contributed by atoms with van der Waals surface area (Å²) in [6.07, 6.45) is 0. The van der Waals surface area contributed by atoms with Crippen molar-refractivity contribution >= 4 is 21.4 Å². The van der Waals surface area contributed by atoms with Crippen LogP contribution in [0.2, 0.25) is 0 Å². The molecule has 0 radical (unpaired) electrons. The van der Waals surface area contributed by atoms with E-state index in [0.29, 0.717) is 11.1 Å². The van der Waals surface area contributed by atoms with Gasteiger partial charge in [0.05, 0.1) is 15.5 Å². The van der Waals surface area contributed by atoms with Crippen LogP contribution in [0.15, 0.2) is 35.2 Å². The third kappa shape index (κ3) is 4.93. The molecule has 0 aromatic heterocycles. The number of sulfonamides is 1. The Morgan fingerprint density at radius 3 is 1.86 bits per heavy atom. The predicted molar refractivity (Wildman–Crippen MR) is 113 cm³/mol. The van der Waals surface area contributed by atoms with Crippen molar-refractivity contribution in [2.45, 2.75) is 64.2 Å². The molecule has 0 saturated carbocycles. The highest BCUT2D eigenvalue weighted by Gasteiger charge is 2.27. The number of hydrogen-bond donors (Lipinski definition) is 1. The third-order valence-electron chi connectivity index (χ3n) is 4.74. The molecule has 0 atom stereocenters. The van der Waals surface area contributed by atoms with Crippen molar-refractivity contribution in [2.75, 3.05) is 4.72 Å². The zero-order chi connectivity index (χ0) is 22.1. The quantitative estimate of drug-likeness (QED) is 0.444. The standard InChI is InChI=1S/C21H27FN2O4S/c1-12(2)15-9-17(13(3)4)21(18(10-15)14(5)6)29(27,28)23-16-7-8-19(22)20(11-16)24(25)26/h7-14,23H,1-6H3. The lowest BCUT2D eigenvalue weighted by Gasteiger charge is -2.23. The minimum absolute atomic E-state index is 0.0553. The highest BCUT2D eigenvalue weighted by atomic mass is 32.2. The number of rotatable bonds is 7. The molecule has 1 N–H and O–H groups in total. The Labute approximate surface area is 171 Å². The van der Waals surface area contributed by atoms with Crippen LogP contribution in [0.5, 0.6) is 0 Å². The van der Waals surface area contributed by atoms with Crippen LogP contribution in [0.3, 0.4) is 0 Å². The maximum Gasteiger partial charge on any atom is 0.306 e. The van der Waals surface area contributed by atoms with Crippen molar-refractivity contribution in [1.29, 1.82) is 0 Å². The smallest absolute Gasteiger partial charge is 0.279 e. The number of halogens is 1. The van der Waals surface area contributed by atoms with Gasteiger partial charge in [-0.2, -0.15) is 4.39 Å². The van der Waals surface area contributed by atoms with E-state index in [1.807, 2.05) is 53.7 Å². The van der Waals surface area contributed by atoms with Gasteiger partial charge in [-0.25, -0.2) is 8.42 Å². The lowest BCUT2D eigenvalue weighted by atomic mass is 9.89. The van der Waals surface area contributed by atoms with E-state index < -0.39 is 26.5 Å². The zero-order valence-electron chi connectivity index (χ0n) is 17.5. The number of benzene rings is 2. The molecule has 2 rings (SSSR count). The van der Waals surface area contributed by atoms with E-state index in [-0.39, 0.29) is 28.3 Å². The van der Waals surface area contributed by atoms with Gasteiger partial charge in [0, 0.05) is 6.07 Å². The molecule has 29 heavy (non-hydrogen) atoms. The van der Waals surface area contributed by atoms with Gasteiger partial charge in [-0.1, -0.05) is 53.7 Å². The average molecular weight is 423 g/mol. The van der Waals surface area contributed by atoms with Gasteiger partial charge < -0.3 is 0 Å². The van der Waals surface area contributed by atoms with Gasteiger partial charge >= 0.3 is 5.69 Å². The van der Waals surface area contributed by atoms with E-state index in [4.69, 9.17) is 0 Å². The maximum absolute atomic E-state index is 13.6. The second-order valence-corrected chi connectivity index (χ2v) is 9.64. The Hall–Kier alpha value is -2.48. The SMILES string of the molecule is CC(C)c1cc(C(C)C)c(S(=O)(=O)Nc2ccc(F)c([N+](=O)[O-])c2)c(C(C)C)c1. The van der Waals surface area contributed by atoms with Gasteiger partial charge in [-0.05, 0) is 46.6 Å². The second-order valence-electron chi connectivity index (χ2n) is 8.02. The van der Waals surface area contributed by atoms with Crippen LogP contribution >= 0.6 is 0 Å². The molecule has 0 aliphatic heterocycles. The number of hydrogen-bond acceptors (Lipinski definition) is 4. The maximum atomic E-state index is 13.6. The molecule has 0 saturated heterocycles. The van der Waals surface area contributed by atoms with Gasteiger partial charge in [-0.15, -0.1) is 0 Å². The van der Waals surface area contributed by atoms with E-state index in [0.717, 1.165) is 17.7 Å². The first-order chi connectivity index (χ1) is 13.3. The average Bonchev–Trinajstić information content (AvgIpc) is 2.61. The Morgan fingerprint density at radius 1 is 0.931 bits per heavy atom. The summed E-state index contributed by atoms with van der Waals surface area (Å²) in [6.45, 7) is 11.8. The summed E-state index contributed by atoms with van der Waals surface area (Å²) in [7, 11) is -4.06. The van der Waals surface area contributed by atoms with E-state index in [1.54, 1.807) is 0 Å². The van der Waals surface area contributed by atoms with Crippen LogP contribution in [0, 0.1) is 15.9 Å². The van der Waals surface area contributed by atoms with Crippen LogP contribution < -0.4 is 4.72 Å². The molecule has 0 spiro atoms. The molecule has 8 heteroatoms. The van der Waals surface area contributed by atoms with Gasteiger partial charge in [0.2, 0.25) is 5.82 Å². The lowest BCUT2D eigenvalue weighted by molar-refractivity contribution is -0.387. The van der Waals surface area contributed by atoms with E-state index in [9.17, 15) is 22.9 Å². The Bertz CT molecular complexity index is 1000. The van der Waals surface area contributed by atoms with E-state index in [2.05, 4.69) is 4.72 Å². The molecular weight excluding hydrogens is 395 g/mol. The minimum atomic E-state index is -4.06. The number of nitro groups is 1. The highest BCUT2D eigenvalue weighted by Crippen LogP contribution is 2.36. The fraction of sp³-hybridized carbons (Fsp3) is 0.429. The Kier molecular flexibility index (Phi) is 6.67. The van der Waals surface area contributed by atoms with Gasteiger partial charge in [-0.3, -0.25) is 14.8 Å². The summed E-state index contributed by atoms with van der Waals surface area (Å²) < 4.78 is 42.7. The van der Waals surface area contributed by atoms with Crippen molar-refractivity contribution in [3.05, 3.63) is 63.0 Å². The summed E-state index contributed by atoms with van der Waals surface area (Å²) in [6, 6.07) is 6.75. The van der Waals surface area contributed by atoms with Crippen molar-refractivity contribution in [3.8, 4) is 0 Å². The molecule has 0 bridgehead atoms. The van der Waals surface area contributed by atoms with Crippen molar-refractivity contribution < 1.29 is 17.7 Å². The Morgan fingerprint density at radius 2 is 1.45 bits per heavy atom. The molecule has 0 amide bonds. The molecule has 158 valence electrons. The zero-order valence-corrected chi connectivity index (χ0v) is 18.3. The van der Waals surface area contributed by atoms with Crippen molar-refractivity contribution in [3.63, 3.8) is 0 Å². The van der Waals surface area contributed by atoms with Crippen LogP contribution in [0.1, 0.15) is 76.0 Å². The molecule has 0 unspecified atom stereocenters. The summed E-state index contributed by atoms with van der Waals surface area (Å²) in [5.74, 6) is -0.903. The summed E-state index contributed by atoms with van der Waals surface area (Å²) in [5.41, 5.74) is 1.57. The first-order valence-electron chi connectivity index (χ1n) is 9.49.